The zero-order valence-electron chi connectivity index (χ0n) is 9.73. The molecule has 1 unspecified atom stereocenters. The second-order valence-corrected chi connectivity index (χ2v) is 4.11. The van der Waals surface area contributed by atoms with Crippen LogP contribution < -0.4 is 0 Å². The lowest BCUT2D eigenvalue weighted by Gasteiger charge is -2.23. The van der Waals surface area contributed by atoms with Crippen molar-refractivity contribution in [2.45, 2.75) is 19.9 Å². The predicted octanol–water partition coefficient (Wildman–Crippen LogP) is 2.40. The fourth-order valence-electron chi connectivity index (χ4n) is 1.42. The minimum Gasteiger partial charge on any atom is -0.467 e. The molecule has 17 heavy (non-hydrogen) atoms. The summed E-state index contributed by atoms with van der Waals surface area (Å²) in [6.07, 6.45) is 1.87. The molecule has 0 saturated heterocycles. The van der Waals surface area contributed by atoms with Crippen LogP contribution in [0.2, 0.25) is 0 Å². The molecule has 92 valence electrons. The fourth-order valence-corrected chi connectivity index (χ4v) is 1.55. The molecule has 5 heteroatoms. The summed E-state index contributed by atoms with van der Waals surface area (Å²) >= 11 is 5.67. The van der Waals surface area contributed by atoms with Crippen LogP contribution in [0.1, 0.15) is 19.1 Å². The lowest BCUT2D eigenvalue weighted by Crippen LogP contribution is -2.36. The summed E-state index contributed by atoms with van der Waals surface area (Å²) in [5, 5.41) is 8.58. The van der Waals surface area contributed by atoms with Gasteiger partial charge in [0.05, 0.1) is 25.3 Å². The molecule has 0 saturated carbocycles. The molecule has 1 amide bonds. The number of amides is 1. The summed E-state index contributed by atoms with van der Waals surface area (Å²) in [6.45, 7) is 2.56. The monoisotopic (exact) mass is 254 g/mol. The number of rotatable bonds is 6. The first kappa shape index (κ1) is 13.6. The van der Waals surface area contributed by atoms with Gasteiger partial charge >= 0.3 is 0 Å². The van der Waals surface area contributed by atoms with Crippen molar-refractivity contribution in [3.8, 4) is 6.07 Å². The number of nitrogens with zero attached hydrogens (tertiary/aromatic N) is 2. The van der Waals surface area contributed by atoms with Crippen LogP contribution >= 0.6 is 11.6 Å². The van der Waals surface area contributed by atoms with Crippen LogP contribution in [0.25, 0.3) is 0 Å². The summed E-state index contributed by atoms with van der Waals surface area (Å²) < 4.78 is 5.20. The van der Waals surface area contributed by atoms with E-state index in [0.29, 0.717) is 25.3 Å². The van der Waals surface area contributed by atoms with Crippen molar-refractivity contribution in [1.82, 2.24) is 4.90 Å². The summed E-state index contributed by atoms with van der Waals surface area (Å²) in [7, 11) is 0. The molecule has 0 aliphatic heterocycles. The average Bonchev–Trinajstić information content (AvgIpc) is 2.85. The Hall–Kier alpha value is -1.47. The Balaban J connectivity index is 2.66. The lowest BCUT2D eigenvalue weighted by molar-refractivity contribution is -0.135. The van der Waals surface area contributed by atoms with Crippen molar-refractivity contribution in [2.24, 2.45) is 5.92 Å². The van der Waals surface area contributed by atoms with E-state index >= 15 is 0 Å². The molecule has 0 radical (unpaired) electrons. The minimum absolute atomic E-state index is 0.0494. The molecule has 0 bridgehead atoms. The van der Waals surface area contributed by atoms with Gasteiger partial charge in [-0.05, 0) is 12.1 Å². The van der Waals surface area contributed by atoms with Crippen molar-refractivity contribution < 1.29 is 9.21 Å². The highest BCUT2D eigenvalue weighted by Crippen LogP contribution is 2.11. The highest BCUT2D eigenvalue weighted by molar-refractivity contribution is 6.19. The van der Waals surface area contributed by atoms with E-state index in [9.17, 15) is 4.79 Å². The number of nitriles is 1. The largest absolute Gasteiger partial charge is 0.467 e. The summed E-state index contributed by atoms with van der Waals surface area (Å²) in [6, 6.07) is 5.61. The van der Waals surface area contributed by atoms with Gasteiger partial charge in [-0.3, -0.25) is 4.79 Å². The van der Waals surface area contributed by atoms with Gasteiger partial charge in [0.2, 0.25) is 5.91 Å². The molecule has 1 aromatic heterocycles. The summed E-state index contributed by atoms with van der Waals surface area (Å²) in [4.78, 5) is 13.6. The number of furan rings is 1. The second-order valence-electron chi connectivity index (χ2n) is 3.80. The van der Waals surface area contributed by atoms with Gasteiger partial charge in [0.25, 0.3) is 0 Å². The number of halogens is 1. The Labute approximate surface area is 106 Å². The zero-order chi connectivity index (χ0) is 12.7. The molecule has 1 atom stereocenters. The highest BCUT2D eigenvalue weighted by Gasteiger charge is 2.20. The molecule has 1 aromatic rings. The molecule has 1 heterocycles. The molecule has 1 rings (SSSR count). The number of hydrogen-bond donors (Lipinski definition) is 0. The van der Waals surface area contributed by atoms with E-state index < -0.39 is 0 Å². The number of carbonyl (C=O) groups excluding carboxylic acids is 1. The third kappa shape index (κ3) is 4.12. The van der Waals surface area contributed by atoms with Gasteiger partial charge in [-0.1, -0.05) is 6.92 Å². The quantitative estimate of drug-likeness (QED) is 0.733. The molecule has 0 N–H and O–H groups in total. The van der Waals surface area contributed by atoms with Crippen molar-refractivity contribution in [2.75, 3.05) is 12.4 Å². The van der Waals surface area contributed by atoms with Gasteiger partial charge < -0.3 is 9.32 Å². The molecule has 0 fully saturated rings. The average molecular weight is 255 g/mol. The third-order valence-corrected chi connectivity index (χ3v) is 2.85. The first-order valence-corrected chi connectivity index (χ1v) is 5.96. The lowest BCUT2D eigenvalue weighted by atomic mass is 10.1. The van der Waals surface area contributed by atoms with Crippen molar-refractivity contribution >= 4 is 17.5 Å². The van der Waals surface area contributed by atoms with Gasteiger partial charge in [-0.25, -0.2) is 0 Å². The number of hydrogen-bond acceptors (Lipinski definition) is 3. The van der Waals surface area contributed by atoms with Gasteiger partial charge in [-0.2, -0.15) is 5.26 Å². The van der Waals surface area contributed by atoms with Crippen LogP contribution in [0.3, 0.4) is 0 Å². The van der Waals surface area contributed by atoms with Crippen LogP contribution in [0.5, 0.6) is 0 Å². The molecule has 0 aromatic carbocycles. The van der Waals surface area contributed by atoms with Gasteiger partial charge in [-0.15, -0.1) is 11.6 Å². The standard InChI is InChI=1S/C12H15ClN2O2/c1-10(8-13)12(16)15(6-3-5-14)9-11-4-2-7-17-11/h2,4,7,10H,3,6,8-9H2,1H3. The van der Waals surface area contributed by atoms with Crippen LogP contribution in [0, 0.1) is 17.2 Å². The Morgan fingerprint density at radius 3 is 3.00 bits per heavy atom. The van der Waals surface area contributed by atoms with Crippen molar-refractivity contribution in [1.29, 1.82) is 5.26 Å². The normalized spacial score (nSPS) is 11.8. The Bertz CT molecular complexity index is 384. The zero-order valence-corrected chi connectivity index (χ0v) is 10.5. The van der Waals surface area contributed by atoms with E-state index in [2.05, 4.69) is 0 Å². The van der Waals surface area contributed by atoms with E-state index in [4.69, 9.17) is 21.3 Å². The minimum atomic E-state index is -0.245. The van der Waals surface area contributed by atoms with E-state index in [1.54, 1.807) is 30.2 Å². The number of alkyl halides is 1. The number of carbonyl (C=O) groups is 1. The fraction of sp³-hybridized carbons (Fsp3) is 0.500. The Morgan fingerprint density at radius 1 is 1.71 bits per heavy atom. The maximum Gasteiger partial charge on any atom is 0.227 e. The third-order valence-electron chi connectivity index (χ3n) is 2.39. The SMILES string of the molecule is CC(CCl)C(=O)N(CCC#N)Cc1ccco1. The van der Waals surface area contributed by atoms with Crippen molar-refractivity contribution in [3.63, 3.8) is 0 Å². The maximum atomic E-state index is 12.0. The Kier molecular flexibility index (Phi) is 5.58. The van der Waals surface area contributed by atoms with Crippen LogP contribution in [-0.4, -0.2) is 23.2 Å². The van der Waals surface area contributed by atoms with E-state index in [0.717, 1.165) is 0 Å². The Morgan fingerprint density at radius 2 is 2.47 bits per heavy atom. The second kappa shape index (κ2) is 6.97. The van der Waals surface area contributed by atoms with E-state index in [1.165, 1.54) is 0 Å². The van der Waals surface area contributed by atoms with Gasteiger partial charge in [0.15, 0.2) is 0 Å². The molecule has 0 spiro atoms. The first-order valence-electron chi connectivity index (χ1n) is 5.43. The van der Waals surface area contributed by atoms with Gasteiger partial charge in [0, 0.05) is 18.3 Å². The smallest absolute Gasteiger partial charge is 0.227 e. The first-order chi connectivity index (χ1) is 8.19. The molecule has 0 aliphatic carbocycles. The van der Waals surface area contributed by atoms with E-state index in [-0.39, 0.29) is 17.7 Å². The van der Waals surface area contributed by atoms with Crippen LogP contribution in [-0.2, 0) is 11.3 Å². The van der Waals surface area contributed by atoms with Crippen LogP contribution in [0.4, 0.5) is 0 Å². The molecular weight excluding hydrogens is 240 g/mol. The predicted molar refractivity (Wildman–Crippen MR) is 64.2 cm³/mol. The maximum absolute atomic E-state index is 12.0. The molecule has 0 aliphatic rings. The highest BCUT2D eigenvalue weighted by atomic mass is 35.5. The van der Waals surface area contributed by atoms with Crippen molar-refractivity contribution in [3.05, 3.63) is 24.2 Å². The molecular formula is C12H15ClN2O2. The summed E-state index contributed by atoms with van der Waals surface area (Å²) in [5.41, 5.74) is 0. The topological polar surface area (TPSA) is 57.2 Å². The van der Waals surface area contributed by atoms with Gasteiger partial charge in [0.1, 0.15) is 5.76 Å². The summed E-state index contributed by atoms with van der Waals surface area (Å²) in [5.74, 6) is 0.690. The van der Waals surface area contributed by atoms with E-state index in [1.807, 2.05) is 6.07 Å². The van der Waals surface area contributed by atoms with Crippen LogP contribution in [0.15, 0.2) is 22.8 Å². The molecule has 4 nitrogen and oxygen atoms in total.